The Hall–Kier alpha value is -2.15. The number of hydrogen-bond donors (Lipinski definition) is 0. The molecule has 1 atom stereocenters. The van der Waals surface area contributed by atoms with Crippen molar-refractivity contribution in [3.63, 3.8) is 0 Å². The second kappa shape index (κ2) is 6.16. The van der Waals surface area contributed by atoms with Gasteiger partial charge in [-0.2, -0.15) is 5.10 Å². The molecule has 2 aliphatic heterocycles. The molecule has 0 radical (unpaired) electrons. The van der Waals surface area contributed by atoms with Crippen LogP contribution in [0.1, 0.15) is 25.5 Å². The summed E-state index contributed by atoms with van der Waals surface area (Å²) < 4.78 is 16.3. The van der Waals surface area contributed by atoms with Crippen molar-refractivity contribution in [3.8, 4) is 17.2 Å². The fourth-order valence-corrected chi connectivity index (χ4v) is 3.48. The highest BCUT2D eigenvalue weighted by molar-refractivity contribution is 8.26. The Balaban J connectivity index is 2.09. The van der Waals surface area contributed by atoms with E-state index in [1.807, 2.05) is 31.0 Å². The summed E-state index contributed by atoms with van der Waals surface area (Å²) in [5.74, 6) is 1.84. The number of rotatable bonds is 4. The minimum absolute atomic E-state index is 0.0545. The van der Waals surface area contributed by atoms with Gasteiger partial charge in [-0.1, -0.05) is 0 Å². The molecule has 6 nitrogen and oxygen atoms in total. The fraction of sp³-hybridized carbons (Fsp3) is 0.375. The smallest absolute Gasteiger partial charge is 0.203 e. The summed E-state index contributed by atoms with van der Waals surface area (Å²) in [5.41, 5.74) is 1.97. The summed E-state index contributed by atoms with van der Waals surface area (Å²) in [5, 5.41) is 8.37. The molecular formula is C16H19N3O3S. The number of aliphatic imine (C=N–C) groups is 1. The molecule has 1 aromatic rings. The highest BCUT2D eigenvalue weighted by Gasteiger charge is 2.32. The molecule has 23 heavy (non-hydrogen) atoms. The van der Waals surface area contributed by atoms with Crippen LogP contribution in [-0.4, -0.2) is 36.5 Å². The molecule has 0 bridgehead atoms. The number of nitrogens with zero attached hydrogens (tertiary/aromatic N) is 3. The van der Waals surface area contributed by atoms with E-state index < -0.39 is 0 Å². The molecule has 0 spiro atoms. The van der Waals surface area contributed by atoms with Gasteiger partial charge in [0.1, 0.15) is 6.04 Å². The largest absolute Gasteiger partial charge is 0.493 e. The first kappa shape index (κ1) is 15.7. The zero-order valence-electron chi connectivity index (χ0n) is 13.8. The number of hydrazone groups is 1. The summed E-state index contributed by atoms with van der Waals surface area (Å²) in [6.07, 6.45) is 2.08. The highest BCUT2D eigenvalue weighted by atomic mass is 32.2. The van der Waals surface area contributed by atoms with E-state index in [1.54, 1.807) is 33.1 Å². The van der Waals surface area contributed by atoms with Crippen LogP contribution >= 0.6 is 11.8 Å². The average Bonchev–Trinajstić information content (AvgIpc) is 2.92. The lowest BCUT2D eigenvalue weighted by atomic mass is 10.0. The second-order valence-corrected chi connectivity index (χ2v) is 6.33. The van der Waals surface area contributed by atoms with Crippen LogP contribution in [0.15, 0.2) is 34.0 Å². The van der Waals surface area contributed by atoms with E-state index >= 15 is 0 Å². The molecule has 1 unspecified atom stereocenters. The Kier molecular flexibility index (Phi) is 4.21. The van der Waals surface area contributed by atoms with Gasteiger partial charge in [0.2, 0.25) is 5.75 Å². The predicted molar refractivity (Wildman–Crippen MR) is 92.6 cm³/mol. The first-order chi connectivity index (χ1) is 11.1. The number of methoxy groups -OCH3 is 3. The maximum atomic E-state index is 5.45. The number of hydrogen-bond acceptors (Lipinski definition) is 7. The van der Waals surface area contributed by atoms with Crippen molar-refractivity contribution in [3.05, 3.63) is 29.5 Å². The molecular weight excluding hydrogens is 314 g/mol. The van der Waals surface area contributed by atoms with Gasteiger partial charge in [-0.3, -0.25) is 0 Å². The van der Waals surface area contributed by atoms with Crippen LogP contribution < -0.4 is 14.2 Å². The Labute approximate surface area is 139 Å². The molecule has 7 heteroatoms. The lowest BCUT2D eigenvalue weighted by Crippen LogP contribution is -2.27. The van der Waals surface area contributed by atoms with Gasteiger partial charge >= 0.3 is 0 Å². The second-order valence-electron chi connectivity index (χ2n) is 5.17. The normalized spacial score (nSPS) is 19.6. The van der Waals surface area contributed by atoms with Crippen molar-refractivity contribution < 1.29 is 14.2 Å². The number of ether oxygens (including phenoxy) is 3. The Morgan fingerprint density at radius 3 is 2.26 bits per heavy atom. The summed E-state index contributed by atoms with van der Waals surface area (Å²) in [4.78, 5) is 4.55. The zero-order chi connectivity index (χ0) is 16.6. The van der Waals surface area contributed by atoms with E-state index in [0.29, 0.717) is 17.2 Å². The molecule has 122 valence electrons. The van der Waals surface area contributed by atoms with E-state index in [4.69, 9.17) is 14.2 Å². The number of fused-ring (bicyclic) bond motifs is 1. The maximum Gasteiger partial charge on any atom is 0.203 e. The molecule has 0 amide bonds. The van der Waals surface area contributed by atoms with Crippen LogP contribution in [0.25, 0.3) is 0 Å². The number of benzene rings is 1. The summed E-state index contributed by atoms with van der Waals surface area (Å²) in [7, 11) is 4.83. The van der Waals surface area contributed by atoms with Crippen LogP contribution in [0, 0.1) is 0 Å². The predicted octanol–water partition coefficient (Wildman–Crippen LogP) is 3.41. The van der Waals surface area contributed by atoms with Crippen molar-refractivity contribution in [1.82, 2.24) is 5.01 Å². The topological polar surface area (TPSA) is 55.7 Å². The van der Waals surface area contributed by atoms with E-state index in [0.717, 1.165) is 21.5 Å². The summed E-state index contributed by atoms with van der Waals surface area (Å²) in [6.45, 7) is 3.97. The van der Waals surface area contributed by atoms with Crippen LogP contribution in [0.2, 0.25) is 0 Å². The molecule has 0 fully saturated rings. The van der Waals surface area contributed by atoms with Crippen molar-refractivity contribution in [1.29, 1.82) is 0 Å². The van der Waals surface area contributed by atoms with Crippen molar-refractivity contribution in [2.75, 3.05) is 21.3 Å². The first-order valence-corrected chi connectivity index (χ1v) is 7.98. The SMILES string of the molecule is COc1cc(C2C=C(C)N=C3SC(C)=NN32)cc(OC)c1OC. The van der Waals surface area contributed by atoms with E-state index in [1.165, 1.54) is 0 Å². The van der Waals surface area contributed by atoms with E-state index in [9.17, 15) is 0 Å². The molecule has 0 aromatic heterocycles. The molecule has 0 saturated heterocycles. The third-order valence-electron chi connectivity index (χ3n) is 3.65. The van der Waals surface area contributed by atoms with Gasteiger partial charge in [0, 0.05) is 5.70 Å². The van der Waals surface area contributed by atoms with Gasteiger partial charge in [0.15, 0.2) is 16.7 Å². The van der Waals surface area contributed by atoms with Gasteiger partial charge < -0.3 is 14.2 Å². The van der Waals surface area contributed by atoms with Crippen LogP contribution in [0.5, 0.6) is 17.2 Å². The molecule has 1 aromatic carbocycles. The average molecular weight is 333 g/mol. The lowest BCUT2D eigenvalue weighted by Gasteiger charge is -2.28. The number of allylic oxidation sites excluding steroid dienone is 1. The standard InChI is InChI=1S/C16H19N3O3S/c1-9-6-12(19-16(17-9)23-10(2)18-19)11-7-13(20-3)15(22-5)14(8-11)21-4/h6-8,12H,1-5H3. The monoisotopic (exact) mass is 333 g/mol. The van der Waals surface area contributed by atoms with Gasteiger partial charge in [0.05, 0.1) is 26.4 Å². The third-order valence-corrected chi connectivity index (χ3v) is 4.48. The summed E-state index contributed by atoms with van der Waals surface area (Å²) in [6, 6.07) is 3.85. The molecule has 2 aliphatic rings. The lowest BCUT2D eigenvalue weighted by molar-refractivity contribution is 0.321. The Bertz CT molecular complexity index is 702. The van der Waals surface area contributed by atoms with Crippen LogP contribution in [0.4, 0.5) is 0 Å². The first-order valence-electron chi connectivity index (χ1n) is 7.16. The van der Waals surface area contributed by atoms with Crippen molar-refractivity contribution in [2.45, 2.75) is 19.9 Å². The molecule has 0 N–H and O–H groups in total. The summed E-state index contributed by atoms with van der Waals surface area (Å²) >= 11 is 1.58. The van der Waals surface area contributed by atoms with Gasteiger partial charge in [-0.15, -0.1) is 0 Å². The molecule has 0 saturated carbocycles. The Morgan fingerprint density at radius 1 is 1.04 bits per heavy atom. The fourth-order valence-electron chi connectivity index (χ4n) is 2.65. The van der Waals surface area contributed by atoms with Crippen molar-refractivity contribution >= 4 is 22.0 Å². The molecule has 0 aliphatic carbocycles. The number of amidine groups is 1. The molecule has 3 rings (SSSR count). The Morgan fingerprint density at radius 2 is 1.70 bits per heavy atom. The van der Waals surface area contributed by atoms with Gasteiger partial charge in [-0.25, -0.2) is 10.0 Å². The van der Waals surface area contributed by atoms with E-state index in [-0.39, 0.29) is 6.04 Å². The van der Waals surface area contributed by atoms with Crippen LogP contribution in [-0.2, 0) is 0 Å². The molecule has 2 heterocycles. The van der Waals surface area contributed by atoms with Crippen molar-refractivity contribution in [2.24, 2.45) is 10.1 Å². The minimum Gasteiger partial charge on any atom is -0.493 e. The van der Waals surface area contributed by atoms with E-state index in [2.05, 4.69) is 16.2 Å². The third kappa shape index (κ3) is 2.76. The van der Waals surface area contributed by atoms with Gasteiger partial charge in [0.25, 0.3) is 0 Å². The van der Waals surface area contributed by atoms with Gasteiger partial charge in [-0.05, 0) is 49.4 Å². The highest BCUT2D eigenvalue weighted by Crippen LogP contribution is 2.43. The maximum absolute atomic E-state index is 5.45. The zero-order valence-corrected chi connectivity index (χ0v) is 14.6. The van der Waals surface area contributed by atoms with Crippen LogP contribution in [0.3, 0.4) is 0 Å². The quantitative estimate of drug-likeness (QED) is 0.845. The minimum atomic E-state index is -0.0545. The number of thioether (sulfide) groups is 1.